The van der Waals surface area contributed by atoms with Crippen LogP contribution in [0.5, 0.6) is 0 Å². The van der Waals surface area contributed by atoms with Gasteiger partial charge in [0.15, 0.2) is 0 Å². The van der Waals surface area contributed by atoms with Crippen molar-refractivity contribution in [2.45, 2.75) is 26.3 Å². The summed E-state index contributed by atoms with van der Waals surface area (Å²) in [6.07, 6.45) is 2.43. The van der Waals surface area contributed by atoms with Crippen LogP contribution in [-0.4, -0.2) is 23.2 Å². The van der Waals surface area contributed by atoms with Crippen molar-refractivity contribution in [3.05, 3.63) is 16.1 Å². The third kappa shape index (κ3) is 2.49. The first-order valence-electron chi connectivity index (χ1n) is 4.63. The van der Waals surface area contributed by atoms with E-state index in [4.69, 9.17) is 4.84 Å². The van der Waals surface area contributed by atoms with Crippen LogP contribution in [-0.2, 0) is 11.4 Å². The average molecular weight is 198 g/mol. The number of hydroxylamine groups is 2. The zero-order valence-electron chi connectivity index (χ0n) is 7.82. The van der Waals surface area contributed by atoms with Crippen LogP contribution >= 0.6 is 11.3 Å². The van der Waals surface area contributed by atoms with Gasteiger partial charge in [0.05, 0.1) is 23.9 Å². The standard InChI is InChI=1S/C9H14N2OS/c1-8-10-9(7-13-8)6-11-4-2-3-5-12-11/h7H,2-6H2,1H3. The molecule has 2 heterocycles. The molecular formula is C9H14N2OS. The number of rotatable bonds is 2. The van der Waals surface area contributed by atoms with Gasteiger partial charge in [0, 0.05) is 11.9 Å². The molecule has 13 heavy (non-hydrogen) atoms. The first-order valence-corrected chi connectivity index (χ1v) is 5.51. The largest absolute Gasteiger partial charge is 0.299 e. The Bertz CT molecular complexity index is 268. The van der Waals surface area contributed by atoms with Crippen LogP contribution in [0.4, 0.5) is 0 Å². The maximum absolute atomic E-state index is 5.49. The maximum Gasteiger partial charge on any atom is 0.0897 e. The van der Waals surface area contributed by atoms with Crippen molar-refractivity contribution in [3.63, 3.8) is 0 Å². The molecule has 2 rings (SSSR count). The predicted octanol–water partition coefficient (Wildman–Crippen LogP) is 1.98. The van der Waals surface area contributed by atoms with E-state index < -0.39 is 0 Å². The third-order valence-electron chi connectivity index (χ3n) is 2.08. The van der Waals surface area contributed by atoms with E-state index in [1.54, 1.807) is 11.3 Å². The van der Waals surface area contributed by atoms with Gasteiger partial charge in [0.2, 0.25) is 0 Å². The fourth-order valence-electron chi connectivity index (χ4n) is 1.43. The van der Waals surface area contributed by atoms with E-state index in [1.807, 2.05) is 12.0 Å². The van der Waals surface area contributed by atoms with Crippen molar-refractivity contribution >= 4 is 11.3 Å². The fourth-order valence-corrected chi connectivity index (χ4v) is 2.04. The van der Waals surface area contributed by atoms with Gasteiger partial charge < -0.3 is 0 Å². The Kier molecular flexibility index (Phi) is 2.93. The number of hydrogen-bond donors (Lipinski definition) is 0. The molecule has 0 bridgehead atoms. The van der Waals surface area contributed by atoms with Gasteiger partial charge in [-0.15, -0.1) is 11.3 Å². The van der Waals surface area contributed by atoms with E-state index in [0.29, 0.717) is 0 Å². The molecule has 0 N–H and O–H groups in total. The van der Waals surface area contributed by atoms with Gasteiger partial charge in [-0.3, -0.25) is 4.84 Å². The molecule has 1 aromatic rings. The van der Waals surface area contributed by atoms with Crippen LogP contribution in [0.1, 0.15) is 23.5 Å². The van der Waals surface area contributed by atoms with E-state index >= 15 is 0 Å². The summed E-state index contributed by atoms with van der Waals surface area (Å²) in [4.78, 5) is 9.89. The first-order chi connectivity index (χ1) is 6.34. The van der Waals surface area contributed by atoms with Crippen molar-refractivity contribution in [2.24, 2.45) is 0 Å². The van der Waals surface area contributed by atoms with Gasteiger partial charge in [-0.2, -0.15) is 5.06 Å². The minimum absolute atomic E-state index is 0.838. The van der Waals surface area contributed by atoms with Gasteiger partial charge in [0.1, 0.15) is 0 Å². The molecule has 0 atom stereocenters. The highest BCUT2D eigenvalue weighted by atomic mass is 32.1. The predicted molar refractivity (Wildman–Crippen MR) is 52.4 cm³/mol. The Labute approximate surface area is 82.3 Å². The second-order valence-electron chi connectivity index (χ2n) is 3.26. The Balaban J connectivity index is 1.89. The summed E-state index contributed by atoms with van der Waals surface area (Å²) >= 11 is 1.70. The molecular weight excluding hydrogens is 184 g/mol. The lowest BCUT2D eigenvalue weighted by Gasteiger charge is -2.24. The molecule has 1 saturated heterocycles. The van der Waals surface area contributed by atoms with Crippen molar-refractivity contribution in [2.75, 3.05) is 13.2 Å². The zero-order valence-corrected chi connectivity index (χ0v) is 8.64. The molecule has 4 heteroatoms. The quantitative estimate of drug-likeness (QED) is 0.726. The number of aromatic nitrogens is 1. The second kappa shape index (κ2) is 4.17. The molecule has 0 unspecified atom stereocenters. The lowest BCUT2D eigenvalue weighted by molar-refractivity contribution is -0.187. The molecule has 0 spiro atoms. The first kappa shape index (κ1) is 9.12. The summed E-state index contributed by atoms with van der Waals surface area (Å²) in [7, 11) is 0. The number of thiazole rings is 1. The van der Waals surface area contributed by atoms with Gasteiger partial charge in [-0.25, -0.2) is 4.98 Å². The lowest BCUT2D eigenvalue weighted by atomic mass is 10.3. The van der Waals surface area contributed by atoms with Crippen molar-refractivity contribution in [1.29, 1.82) is 0 Å². The average Bonchev–Trinajstić information content (AvgIpc) is 2.53. The molecule has 72 valence electrons. The summed E-state index contributed by atoms with van der Waals surface area (Å²) in [5, 5.41) is 5.25. The van der Waals surface area contributed by atoms with E-state index in [2.05, 4.69) is 10.4 Å². The molecule has 1 aliphatic rings. The van der Waals surface area contributed by atoms with Crippen LogP contribution in [0, 0.1) is 6.92 Å². The molecule has 1 fully saturated rings. The fraction of sp³-hybridized carbons (Fsp3) is 0.667. The summed E-state index contributed by atoms with van der Waals surface area (Å²) in [5.41, 5.74) is 1.13. The van der Waals surface area contributed by atoms with Crippen LogP contribution in [0.25, 0.3) is 0 Å². The molecule has 1 aromatic heterocycles. The Morgan fingerprint density at radius 3 is 3.15 bits per heavy atom. The second-order valence-corrected chi connectivity index (χ2v) is 4.32. The highest BCUT2D eigenvalue weighted by molar-refractivity contribution is 7.09. The minimum Gasteiger partial charge on any atom is -0.299 e. The smallest absolute Gasteiger partial charge is 0.0897 e. The van der Waals surface area contributed by atoms with Crippen LogP contribution < -0.4 is 0 Å². The van der Waals surface area contributed by atoms with Crippen molar-refractivity contribution < 1.29 is 4.84 Å². The molecule has 0 saturated carbocycles. The van der Waals surface area contributed by atoms with E-state index in [0.717, 1.165) is 30.4 Å². The van der Waals surface area contributed by atoms with Crippen LogP contribution in [0.2, 0.25) is 0 Å². The number of hydrogen-bond acceptors (Lipinski definition) is 4. The monoisotopic (exact) mass is 198 g/mol. The number of nitrogens with zero attached hydrogens (tertiary/aromatic N) is 2. The third-order valence-corrected chi connectivity index (χ3v) is 2.90. The summed E-state index contributed by atoms with van der Waals surface area (Å²) < 4.78 is 0. The SMILES string of the molecule is Cc1nc(CN2CCCCO2)cs1. The Morgan fingerprint density at radius 1 is 1.62 bits per heavy atom. The Hall–Kier alpha value is -0.450. The van der Waals surface area contributed by atoms with Gasteiger partial charge in [-0.05, 0) is 19.8 Å². The molecule has 1 aliphatic heterocycles. The maximum atomic E-state index is 5.49. The molecule has 3 nitrogen and oxygen atoms in total. The summed E-state index contributed by atoms with van der Waals surface area (Å²) in [6.45, 7) is 4.77. The lowest BCUT2D eigenvalue weighted by Crippen LogP contribution is -2.29. The molecule has 0 aromatic carbocycles. The summed E-state index contributed by atoms with van der Waals surface area (Å²) in [6, 6.07) is 0. The number of aryl methyl sites for hydroxylation is 1. The summed E-state index contributed by atoms with van der Waals surface area (Å²) in [5.74, 6) is 0. The zero-order chi connectivity index (χ0) is 9.10. The minimum atomic E-state index is 0.838. The highest BCUT2D eigenvalue weighted by Gasteiger charge is 2.12. The van der Waals surface area contributed by atoms with E-state index in [1.165, 1.54) is 12.8 Å². The van der Waals surface area contributed by atoms with E-state index in [-0.39, 0.29) is 0 Å². The normalized spacial score (nSPS) is 19.2. The topological polar surface area (TPSA) is 25.4 Å². The Morgan fingerprint density at radius 2 is 2.54 bits per heavy atom. The van der Waals surface area contributed by atoms with E-state index in [9.17, 15) is 0 Å². The van der Waals surface area contributed by atoms with Crippen LogP contribution in [0.3, 0.4) is 0 Å². The van der Waals surface area contributed by atoms with Crippen molar-refractivity contribution in [3.8, 4) is 0 Å². The van der Waals surface area contributed by atoms with Gasteiger partial charge in [0.25, 0.3) is 0 Å². The van der Waals surface area contributed by atoms with Gasteiger partial charge in [-0.1, -0.05) is 0 Å². The van der Waals surface area contributed by atoms with Crippen LogP contribution in [0.15, 0.2) is 5.38 Å². The molecule has 0 radical (unpaired) electrons. The van der Waals surface area contributed by atoms with Crippen molar-refractivity contribution in [1.82, 2.24) is 10.0 Å². The van der Waals surface area contributed by atoms with Gasteiger partial charge >= 0.3 is 0 Å². The molecule has 0 amide bonds. The highest BCUT2D eigenvalue weighted by Crippen LogP contribution is 2.13. The molecule has 0 aliphatic carbocycles.